The van der Waals surface area contributed by atoms with Crippen LogP contribution in [0.2, 0.25) is 0 Å². The number of aryl methyl sites for hydroxylation is 1. The van der Waals surface area contributed by atoms with Gasteiger partial charge in [-0.1, -0.05) is 0 Å². The van der Waals surface area contributed by atoms with Crippen LogP contribution in [0.25, 0.3) is 0 Å². The van der Waals surface area contributed by atoms with Gasteiger partial charge in [-0.15, -0.1) is 0 Å². The number of nitrogens with two attached hydrogens (primary N) is 1. The maximum atomic E-state index is 12.7. The molecule has 7 heteroatoms. The maximum absolute atomic E-state index is 12.7. The molecule has 0 spiro atoms. The minimum absolute atomic E-state index is 0.107. The van der Waals surface area contributed by atoms with E-state index < -0.39 is 5.91 Å². The van der Waals surface area contributed by atoms with Gasteiger partial charge in [-0.05, 0) is 51.0 Å². The number of carbonyl (C=O) groups excluding carboxylic acids is 2. The Hall–Kier alpha value is -2.02. The number of likely N-dealkylation sites (tertiary alicyclic amines) is 1. The quantitative estimate of drug-likeness (QED) is 0.880. The van der Waals surface area contributed by atoms with E-state index >= 15 is 0 Å². The summed E-state index contributed by atoms with van der Waals surface area (Å²) in [6.45, 7) is 4.72. The molecule has 2 aliphatic rings. The van der Waals surface area contributed by atoms with Crippen molar-refractivity contribution in [2.45, 2.75) is 39.0 Å². The molecule has 1 atom stereocenters. The van der Waals surface area contributed by atoms with Crippen LogP contribution in [0.15, 0.2) is 6.07 Å². The molecule has 0 aliphatic carbocycles. The molecule has 2 fully saturated rings. The molecule has 1 aromatic rings. The van der Waals surface area contributed by atoms with Crippen molar-refractivity contribution < 1.29 is 14.3 Å². The van der Waals surface area contributed by atoms with Crippen LogP contribution in [-0.2, 0) is 16.0 Å². The van der Waals surface area contributed by atoms with Gasteiger partial charge in [0.15, 0.2) is 0 Å². The topological polar surface area (TPSA) is 98.4 Å². The van der Waals surface area contributed by atoms with Crippen LogP contribution in [0, 0.1) is 18.8 Å². The largest absolute Gasteiger partial charge is 0.381 e. The standard InChI is InChI=1S/C18H26N4O3/c1-12-20-15(10-16(21-12)17(19)23)9-13-3-2-6-22(11-13)18(24)14-4-7-25-8-5-14/h10,13-14H,2-9,11H2,1H3,(H2,19,23)/t13-/m1/s1. The summed E-state index contributed by atoms with van der Waals surface area (Å²) >= 11 is 0. The number of rotatable bonds is 4. The van der Waals surface area contributed by atoms with Crippen molar-refractivity contribution >= 4 is 11.8 Å². The summed E-state index contributed by atoms with van der Waals surface area (Å²) in [6, 6.07) is 1.68. The molecule has 1 aromatic heterocycles. The van der Waals surface area contributed by atoms with E-state index in [9.17, 15) is 9.59 Å². The predicted octanol–water partition coefficient (Wildman–Crippen LogP) is 1.09. The minimum atomic E-state index is -0.535. The van der Waals surface area contributed by atoms with Crippen molar-refractivity contribution in [2.75, 3.05) is 26.3 Å². The third-order valence-corrected chi connectivity index (χ3v) is 5.04. The Kier molecular flexibility index (Phi) is 5.63. The monoisotopic (exact) mass is 346 g/mol. The Balaban J connectivity index is 1.63. The molecule has 3 heterocycles. The number of nitrogens with zero attached hydrogens (tertiary/aromatic N) is 3. The number of carbonyl (C=O) groups is 2. The van der Waals surface area contributed by atoms with Gasteiger partial charge in [0, 0.05) is 37.9 Å². The molecule has 2 aliphatic heterocycles. The molecular formula is C18H26N4O3. The zero-order valence-corrected chi connectivity index (χ0v) is 14.7. The number of hydrogen-bond acceptors (Lipinski definition) is 5. The molecule has 0 aromatic carbocycles. The summed E-state index contributed by atoms with van der Waals surface area (Å²) in [6.07, 6.45) is 4.46. The Bertz CT molecular complexity index is 643. The smallest absolute Gasteiger partial charge is 0.267 e. The molecule has 0 saturated carbocycles. The first-order valence-corrected chi connectivity index (χ1v) is 9.04. The van der Waals surface area contributed by atoms with E-state index in [-0.39, 0.29) is 17.5 Å². The lowest BCUT2D eigenvalue weighted by atomic mass is 9.91. The molecule has 2 saturated heterocycles. The van der Waals surface area contributed by atoms with Gasteiger partial charge in [0.1, 0.15) is 11.5 Å². The molecule has 7 nitrogen and oxygen atoms in total. The summed E-state index contributed by atoms with van der Waals surface area (Å²) < 4.78 is 5.36. The summed E-state index contributed by atoms with van der Waals surface area (Å²) in [7, 11) is 0. The molecular weight excluding hydrogens is 320 g/mol. The average molecular weight is 346 g/mol. The molecule has 0 bridgehead atoms. The van der Waals surface area contributed by atoms with Gasteiger partial charge >= 0.3 is 0 Å². The number of piperidine rings is 1. The number of primary amides is 1. The molecule has 0 radical (unpaired) electrons. The minimum Gasteiger partial charge on any atom is -0.381 e. The highest BCUT2D eigenvalue weighted by atomic mass is 16.5. The third-order valence-electron chi connectivity index (χ3n) is 5.04. The Labute approximate surface area is 148 Å². The Morgan fingerprint density at radius 3 is 2.76 bits per heavy atom. The molecule has 3 rings (SSSR count). The van der Waals surface area contributed by atoms with Crippen LogP contribution >= 0.6 is 0 Å². The van der Waals surface area contributed by atoms with E-state index in [2.05, 4.69) is 9.97 Å². The Morgan fingerprint density at radius 2 is 2.04 bits per heavy atom. The summed E-state index contributed by atoms with van der Waals surface area (Å²) in [5.74, 6) is 0.747. The molecule has 2 amide bonds. The number of ether oxygens (including phenoxy) is 1. The number of aromatic nitrogens is 2. The lowest BCUT2D eigenvalue weighted by Gasteiger charge is -2.36. The first-order chi connectivity index (χ1) is 12.0. The molecule has 2 N–H and O–H groups in total. The highest BCUT2D eigenvalue weighted by molar-refractivity contribution is 5.90. The van der Waals surface area contributed by atoms with Gasteiger partial charge in [-0.2, -0.15) is 0 Å². The second-order valence-corrected chi connectivity index (χ2v) is 7.04. The lowest BCUT2D eigenvalue weighted by molar-refractivity contribution is -0.140. The van der Waals surface area contributed by atoms with Crippen LogP contribution in [0.1, 0.15) is 47.7 Å². The average Bonchev–Trinajstić information content (AvgIpc) is 2.61. The fraction of sp³-hybridized carbons (Fsp3) is 0.667. The van der Waals surface area contributed by atoms with E-state index in [0.29, 0.717) is 25.0 Å². The first kappa shape index (κ1) is 17.8. The summed E-state index contributed by atoms with van der Waals surface area (Å²) in [5, 5.41) is 0. The molecule has 25 heavy (non-hydrogen) atoms. The van der Waals surface area contributed by atoms with E-state index in [0.717, 1.165) is 50.9 Å². The van der Waals surface area contributed by atoms with Crippen LogP contribution in [0.4, 0.5) is 0 Å². The normalized spacial score (nSPS) is 22.0. The van der Waals surface area contributed by atoms with Crippen LogP contribution < -0.4 is 5.73 Å². The predicted molar refractivity (Wildman–Crippen MR) is 91.8 cm³/mol. The van der Waals surface area contributed by atoms with Crippen molar-refractivity contribution in [2.24, 2.45) is 17.6 Å². The van der Waals surface area contributed by atoms with Crippen LogP contribution in [0.5, 0.6) is 0 Å². The van der Waals surface area contributed by atoms with Crippen molar-refractivity contribution in [1.29, 1.82) is 0 Å². The van der Waals surface area contributed by atoms with Crippen LogP contribution in [-0.4, -0.2) is 53.0 Å². The van der Waals surface area contributed by atoms with Crippen molar-refractivity contribution in [1.82, 2.24) is 14.9 Å². The fourth-order valence-electron chi connectivity index (χ4n) is 3.79. The van der Waals surface area contributed by atoms with Crippen molar-refractivity contribution in [3.05, 3.63) is 23.3 Å². The second kappa shape index (κ2) is 7.91. The van der Waals surface area contributed by atoms with Crippen molar-refractivity contribution in [3.8, 4) is 0 Å². The van der Waals surface area contributed by atoms with Gasteiger partial charge in [0.2, 0.25) is 5.91 Å². The zero-order valence-electron chi connectivity index (χ0n) is 14.7. The SMILES string of the molecule is Cc1nc(C[C@H]2CCCN(C(=O)C3CCOCC3)C2)cc(C(N)=O)n1. The van der Waals surface area contributed by atoms with E-state index in [1.54, 1.807) is 13.0 Å². The first-order valence-electron chi connectivity index (χ1n) is 9.04. The maximum Gasteiger partial charge on any atom is 0.267 e. The van der Waals surface area contributed by atoms with Gasteiger partial charge in [0.25, 0.3) is 5.91 Å². The Morgan fingerprint density at radius 1 is 1.28 bits per heavy atom. The van der Waals surface area contributed by atoms with Gasteiger partial charge in [0.05, 0.1) is 0 Å². The summed E-state index contributed by atoms with van der Waals surface area (Å²) in [5.41, 5.74) is 6.42. The summed E-state index contributed by atoms with van der Waals surface area (Å²) in [4.78, 5) is 34.6. The van der Waals surface area contributed by atoms with Crippen LogP contribution in [0.3, 0.4) is 0 Å². The van der Waals surface area contributed by atoms with E-state index in [4.69, 9.17) is 10.5 Å². The van der Waals surface area contributed by atoms with E-state index in [1.807, 2.05) is 4.90 Å². The highest BCUT2D eigenvalue weighted by Crippen LogP contribution is 2.24. The molecule has 136 valence electrons. The fourth-order valence-corrected chi connectivity index (χ4v) is 3.79. The third kappa shape index (κ3) is 4.54. The van der Waals surface area contributed by atoms with Crippen molar-refractivity contribution in [3.63, 3.8) is 0 Å². The lowest BCUT2D eigenvalue weighted by Crippen LogP contribution is -2.44. The van der Waals surface area contributed by atoms with Gasteiger partial charge in [-0.3, -0.25) is 9.59 Å². The highest BCUT2D eigenvalue weighted by Gasteiger charge is 2.30. The van der Waals surface area contributed by atoms with Gasteiger partial charge in [-0.25, -0.2) is 9.97 Å². The van der Waals surface area contributed by atoms with Gasteiger partial charge < -0.3 is 15.4 Å². The number of amides is 2. The second-order valence-electron chi connectivity index (χ2n) is 7.04. The zero-order chi connectivity index (χ0) is 17.8. The molecule has 0 unspecified atom stereocenters. The van der Waals surface area contributed by atoms with E-state index in [1.165, 1.54) is 0 Å². The number of hydrogen-bond donors (Lipinski definition) is 1.